The van der Waals surface area contributed by atoms with Gasteiger partial charge in [0.1, 0.15) is 11.5 Å². The van der Waals surface area contributed by atoms with Crippen molar-refractivity contribution in [2.24, 2.45) is 11.8 Å². The van der Waals surface area contributed by atoms with Gasteiger partial charge in [0.15, 0.2) is 0 Å². The maximum absolute atomic E-state index is 12.9. The highest BCUT2D eigenvalue weighted by Gasteiger charge is 2.48. The number of hydrogen-bond acceptors (Lipinski definition) is 5. The van der Waals surface area contributed by atoms with Gasteiger partial charge in [-0.3, -0.25) is 9.59 Å². The van der Waals surface area contributed by atoms with Gasteiger partial charge in [-0.25, -0.2) is 0 Å². The van der Waals surface area contributed by atoms with Gasteiger partial charge >= 0.3 is 12.3 Å². The molecule has 1 heterocycles. The number of rotatable bonds is 8. The second kappa shape index (κ2) is 11.6. The zero-order valence-electron chi connectivity index (χ0n) is 22.6. The van der Waals surface area contributed by atoms with Gasteiger partial charge in [0.25, 0.3) is 0 Å². The molecule has 1 N–H and O–H groups in total. The van der Waals surface area contributed by atoms with Crippen molar-refractivity contribution in [3.63, 3.8) is 0 Å². The Hall–Kier alpha value is -3.33. The fraction of sp³-hybridized carbons (Fsp3) is 0.484. The van der Waals surface area contributed by atoms with Gasteiger partial charge in [0, 0.05) is 37.5 Å². The molecule has 2 saturated carbocycles. The molecule has 1 aliphatic heterocycles. The van der Waals surface area contributed by atoms with E-state index in [9.17, 15) is 22.8 Å². The van der Waals surface area contributed by atoms with Crippen LogP contribution in [0.15, 0.2) is 54.6 Å². The average Bonchev–Trinajstić information content (AvgIpc) is 3.71. The topological polar surface area (TPSA) is 67.9 Å². The van der Waals surface area contributed by atoms with Crippen LogP contribution in [0.5, 0.6) is 11.5 Å². The van der Waals surface area contributed by atoms with Gasteiger partial charge in [-0.05, 0) is 98.4 Å². The molecule has 0 bridgehead atoms. The first kappa shape index (κ1) is 28.2. The molecule has 3 fully saturated rings. The molecule has 1 amide bonds. The number of benzene rings is 2. The lowest BCUT2D eigenvalue weighted by Gasteiger charge is -2.53. The molecule has 0 radical (unpaired) electrons. The van der Waals surface area contributed by atoms with Crippen molar-refractivity contribution in [3.05, 3.63) is 65.7 Å². The Kier molecular flexibility index (Phi) is 8.21. The monoisotopic (exact) mass is 556 g/mol. The smallest absolute Gasteiger partial charge is 0.427 e. The molecule has 5 rings (SSSR count). The quantitative estimate of drug-likeness (QED) is 0.251. The fourth-order valence-electron chi connectivity index (χ4n) is 6.44. The minimum absolute atomic E-state index is 0.0549. The Bertz CT molecular complexity index is 1260. The summed E-state index contributed by atoms with van der Waals surface area (Å²) in [6.45, 7) is 4.55. The molecule has 0 aromatic heterocycles. The van der Waals surface area contributed by atoms with Crippen LogP contribution < -0.4 is 14.8 Å². The van der Waals surface area contributed by atoms with E-state index < -0.39 is 6.36 Å². The van der Waals surface area contributed by atoms with E-state index in [0.717, 1.165) is 56.8 Å². The Morgan fingerprint density at radius 3 is 2.60 bits per heavy atom. The number of piperidine rings is 1. The predicted octanol–water partition coefficient (Wildman–Crippen LogP) is 5.86. The molecule has 1 saturated heterocycles. The molecule has 2 aromatic carbocycles. The van der Waals surface area contributed by atoms with Gasteiger partial charge in [0.2, 0.25) is 5.91 Å². The summed E-state index contributed by atoms with van der Waals surface area (Å²) in [4.78, 5) is 27.1. The van der Waals surface area contributed by atoms with Gasteiger partial charge in [0.05, 0.1) is 0 Å². The van der Waals surface area contributed by atoms with Crippen molar-refractivity contribution >= 4 is 18.0 Å². The SMILES string of the molecule is CC(=O)Oc1cccc(C23CCN(CC4CC4)CC2CCC(NC(=O)/C=C/c2cccc(OC(F)(F)F)c2)C3)c1. The van der Waals surface area contributed by atoms with Crippen LogP contribution >= 0.6 is 0 Å². The minimum Gasteiger partial charge on any atom is -0.427 e. The number of amides is 1. The van der Waals surface area contributed by atoms with E-state index in [2.05, 4.69) is 21.0 Å². The summed E-state index contributed by atoms with van der Waals surface area (Å²) < 4.78 is 47.0. The summed E-state index contributed by atoms with van der Waals surface area (Å²) in [6, 6.07) is 13.3. The summed E-state index contributed by atoms with van der Waals surface area (Å²) in [6.07, 6.45) is 4.24. The lowest BCUT2D eigenvalue weighted by Crippen LogP contribution is -2.56. The highest BCUT2D eigenvalue weighted by Crippen LogP contribution is 2.50. The van der Waals surface area contributed by atoms with Crippen molar-refractivity contribution in [2.75, 3.05) is 19.6 Å². The van der Waals surface area contributed by atoms with Crippen molar-refractivity contribution in [2.45, 2.75) is 63.3 Å². The third-order valence-electron chi connectivity index (χ3n) is 8.36. The number of carbonyl (C=O) groups is 2. The number of carbonyl (C=O) groups excluding carboxylic acids is 2. The normalized spacial score (nSPS) is 25.3. The Labute approximate surface area is 232 Å². The molecule has 3 atom stereocenters. The first-order chi connectivity index (χ1) is 19.1. The molecule has 214 valence electrons. The highest BCUT2D eigenvalue weighted by atomic mass is 19.4. The van der Waals surface area contributed by atoms with Gasteiger partial charge in [-0.2, -0.15) is 0 Å². The van der Waals surface area contributed by atoms with Crippen molar-refractivity contribution < 1.29 is 32.2 Å². The zero-order chi connectivity index (χ0) is 28.3. The third kappa shape index (κ3) is 7.24. The van der Waals surface area contributed by atoms with Crippen LogP contribution in [0.3, 0.4) is 0 Å². The molecule has 3 aliphatic rings. The van der Waals surface area contributed by atoms with Crippen LogP contribution in [-0.4, -0.2) is 48.8 Å². The van der Waals surface area contributed by atoms with E-state index in [4.69, 9.17) is 4.74 Å². The number of nitrogens with zero attached hydrogens (tertiary/aromatic N) is 1. The summed E-state index contributed by atoms with van der Waals surface area (Å²) >= 11 is 0. The van der Waals surface area contributed by atoms with Crippen molar-refractivity contribution in [1.82, 2.24) is 10.2 Å². The summed E-state index contributed by atoms with van der Waals surface area (Å²) in [5, 5.41) is 3.13. The number of alkyl halides is 3. The lowest BCUT2D eigenvalue weighted by molar-refractivity contribution is -0.274. The highest BCUT2D eigenvalue weighted by molar-refractivity contribution is 5.92. The van der Waals surface area contributed by atoms with E-state index in [1.807, 2.05) is 12.1 Å². The molecule has 0 spiro atoms. The Morgan fingerprint density at radius 2 is 1.85 bits per heavy atom. The van der Waals surface area contributed by atoms with Gasteiger partial charge in [-0.15, -0.1) is 13.2 Å². The minimum atomic E-state index is -4.78. The summed E-state index contributed by atoms with van der Waals surface area (Å²) in [5.74, 6) is 0.793. The maximum Gasteiger partial charge on any atom is 0.573 e. The van der Waals surface area contributed by atoms with E-state index in [-0.39, 0.29) is 29.1 Å². The zero-order valence-corrected chi connectivity index (χ0v) is 22.6. The first-order valence-electron chi connectivity index (χ1n) is 13.9. The number of nitrogens with one attached hydrogen (secondary N) is 1. The van der Waals surface area contributed by atoms with Gasteiger partial charge in [-0.1, -0.05) is 24.3 Å². The molecule has 6 nitrogen and oxygen atoms in total. The first-order valence-corrected chi connectivity index (χ1v) is 13.9. The van der Waals surface area contributed by atoms with E-state index in [0.29, 0.717) is 17.2 Å². The molecular weight excluding hydrogens is 521 g/mol. The molecule has 40 heavy (non-hydrogen) atoms. The molecular formula is C31H35F3N2O4. The lowest BCUT2D eigenvalue weighted by atomic mass is 9.58. The summed E-state index contributed by atoms with van der Waals surface area (Å²) in [5.41, 5.74) is 1.42. The molecule has 2 aromatic rings. The average molecular weight is 557 g/mol. The Balaban J connectivity index is 1.30. The van der Waals surface area contributed by atoms with E-state index in [1.54, 1.807) is 12.1 Å². The predicted molar refractivity (Wildman–Crippen MR) is 145 cm³/mol. The largest absolute Gasteiger partial charge is 0.573 e. The number of hydrogen-bond donors (Lipinski definition) is 1. The van der Waals surface area contributed by atoms with Crippen LogP contribution in [0, 0.1) is 11.8 Å². The molecule has 2 aliphatic carbocycles. The number of likely N-dealkylation sites (tertiary alicyclic amines) is 1. The second-order valence-electron chi connectivity index (χ2n) is 11.4. The second-order valence-corrected chi connectivity index (χ2v) is 11.4. The van der Waals surface area contributed by atoms with Crippen LogP contribution in [0.25, 0.3) is 6.08 Å². The van der Waals surface area contributed by atoms with Crippen LogP contribution in [-0.2, 0) is 15.0 Å². The Morgan fingerprint density at radius 1 is 1.07 bits per heavy atom. The van der Waals surface area contributed by atoms with Crippen LogP contribution in [0.2, 0.25) is 0 Å². The van der Waals surface area contributed by atoms with Gasteiger partial charge < -0.3 is 19.7 Å². The number of halogens is 3. The number of esters is 1. The molecule has 9 heteroatoms. The van der Waals surface area contributed by atoms with E-state index >= 15 is 0 Å². The van der Waals surface area contributed by atoms with Crippen LogP contribution in [0.1, 0.15) is 56.6 Å². The van der Waals surface area contributed by atoms with Crippen molar-refractivity contribution in [1.29, 1.82) is 0 Å². The van der Waals surface area contributed by atoms with Crippen molar-refractivity contribution in [3.8, 4) is 11.5 Å². The molecule has 3 unspecified atom stereocenters. The third-order valence-corrected chi connectivity index (χ3v) is 8.36. The number of ether oxygens (including phenoxy) is 2. The van der Waals surface area contributed by atoms with E-state index in [1.165, 1.54) is 50.1 Å². The van der Waals surface area contributed by atoms with Crippen LogP contribution in [0.4, 0.5) is 13.2 Å². The summed E-state index contributed by atoms with van der Waals surface area (Å²) in [7, 11) is 0. The number of fused-ring (bicyclic) bond motifs is 1. The fourth-order valence-corrected chi connectivity index (χ4v) is 6.44. The standard InChI is InChI=1S/C31H35F3N2O4/c1-21(37)39-27-6-3-5-24(17-27)30-14-15-36(19-23-8-9-23)20-25(30)11-12-26(18-30)35-29(38)13-10-22-4-2-7-28(16-22)40-31(32,33)34/h2-7,10,13,16-17,23,25-26H,8-9,11-12,14-15,18-20H2,1H3,(H,35,38)/b13-10+. The maximum atomic E-state index is 12.9.